The molecule has 2 aromatic rings. The standard InChI is InChI=1S/C17H20N4OS.CH4O/c22-17(19-12-4-2-1-3-5-12)14-8-13(11-6-7-11)20-16(21-14)15-9-18-10-23-15;1-2/h8-12H,1-7H2,(H,19,22);2H,1H3. The maximum atomic E-state index is 12.6. The van der Waals surface area contributed by atoms with E-state index >= 15 is 0 Å². The number of carbonyl (C=O) groups excluding carboxylic acids is 1. The van der Waals surface area contributed by atoms with Crippen molar-refractivity contribution < 1.29 is 9.90 Å². The molecule has 0 unspecified atom stereocenters. The molecule has 0 radical (unpaired) electrons. The summed E-state index contributed by atoms with van der Waals surface area (Å²) < 4.78 is 0. The Labute approximate surface area is 151 Å². The Balaban J connectivity index is 0.000000880. The van der Waals surface area contributed by atoms with Crippen LogP contribution in [0.2, 0.25) is 0 Å². The predicted octanol–water partition coefficient (Wildman–Crippen LogP) is 3.15. The topological polar surface area (TPSA) is 88.0 Å². The molecule has 2 saturated carbocycles. The summed E-state index contributed by atoms with van der Waals surface area (Å²) in [5.74, 6) is 1.06. The summed E-state index contributed by atoms with van der Waals surface area (Å²) in [5, 5.41) is 10.2. The molecule has 7 heteroatoms. The van der Waals surface area contributed by atoms with Crippen LogP contribution < -0.4 is 5.32 Å². The van der Waals surface area contributed by atoms with Crippen LogP contribution in [0.15, 0.2) is 17.8 Å². The highest BCUT2D eigenvalue weighted by atomic mass is 32.1. The van der Waals surface area contributed by atoms with E-state index in [1.165, 1.54) is 30.6 Å². The van der Waals surface area contributed by atoms with Gasteiger partial charge in [-0.3, -0.25) is 9.78 Å². The van der Waals surface area contributed by atoms with Crippen LogP contribution in [-0.4, -0.2) is 39.1 Å². The van der Waals surface area contributed by atoms with Crippen LogP contribution in [0.1, 0.15) is 67.0 Å². The van der Waals surface area contributed by atoms with Gasteiger partial charge in [0.25, 0.3) is 5.91 Å². The number of nitrogens with one attached hydrogen (secondary N) is 1. The average Bonchev–Trinajstić information content (AvgIpc) is 3.38. The Hall–Kier alpha value is -1.86. The fraction of sp³-hybridized carbons (Fsp3) is 0.556. The van der Waals surface area contributed by atoms with Gasteiger partial charge in [0.15, 0.2) is 5.82 Å². The first-order chi connectivity index (χ1) is 12.3. The molecule has 0 aliphatic heterocycles. The van der Waals surface area contributed by atoms with Crippen LogP contribution in [0, 0.1) is 0 Å². The lowest BCUT2D eigenvalue weighted by atomic mass is 9.95. The lowest BCUT2D eigenvalue weighted by Gasteiger charge is -2.22. The van der Waals surface area contributed by atoms with Crippen LogP contribution in [-0.2, 0) is 0 Å². The molecule has 25 heavy (non-hydrogen) atoms. The third-order valence-electron chi connectivity index (χ3n) is 4.57. The molecule has 4 rings (SSSR count). The van der Waals surface area contributed by atoms with Crippen molar-refractivity contribution in [1.29, 1.82) is 0 Å². The highest BCUT2D eigenvalue weighted by Gasteiger charge is 2.28. The molecule has 6 nitrogen and oxygen atoms in total. The van der Waals surface area contributed by atoms with Crippen molar-refractivity contribution in [2.45, 2.75) is 56.9 Å². The number of aromatic nitrogens is 3. The van der Waals surface area contributed by atoms with Gasteiger partial charge in [-0.1, -0.05) is 19.3 Å². The summed E-state index contributed by atoms with van der Waals surface area (Å²) >= 11 is 1.51. The maximum Gasteiger partial charge on any atom is 0.270 e. The molecule has 2 heterocycles. The molecule has 2 N–H and O–H groups in total. The van der Waals surface area contributed by atoms with E-state index < -0.39 is 0 Å². The molecule has 0 bridgehead atoms. The summed E-state index contributed by atoms with van der Waals surface area (Å²) in [5.41, 5.74) is 3.26. The fourth-order valence-corrected chi connectivity index (χ4v) is 3.67. The van der Waals surface area contributed by atoms with E-state index in [-0.39, 0.29) is 5.91 Å². The van der Waals surface area contributed by atoms with Gasteiger partial charge in [0.05, 0.1) is 10.4 Å². The number of nitrogens with zero attached hydrogens (tertiary/aromatic N) is 3. The van der Waals surface area contributed by atoms with Crippen molar-refractivity contribution >= 4 is 17.2 Å². The van der Waals surface area contributed by atoms with Gasteiger partial charge >= 0.3 is 0 Å². The number of aliphatic hydroxyl groups excluding tert-OH is 1. The van der Waals surface area contributed by atoms with Gasteiger partial charge in [-0.05, 0) is 31.7 Å². The van der Waals surface area contributed by atoms with Gasteiger partial charge in [-0.15, -0.1) is 11.3 Å². The minimum absolute atomic E-state index is 0.0630. The first-order valence-electron chi connectivity index (χ1n) is 8.83. The minimum atomic E-state index is -0.0630. The van der Waals surface area contributed by atoms with Gasteiger partial charge in [-0.2, -0.15) is 0 Å². The molecule has 0 spiro atoms. The number of aliphatic hydroxyl groups is 1. The molecule has 2 fully saturated rings. The van der Waals surface area contributed by atoms with Crippen molar-refractivity contribution in [3.05, 3.63) is 29.2 Å². The number of rotatable bonds is 4. The summed E-state index contributed by atoms with van der Waals surface area (Å²) in [6, 6.07) is 2.17. The van der Waals surface area contributed by atoms with E-state index in [1.807, 2.05) is 6.07 Å². The second-order valence-electron chi connectivity index (χ2n) is 6.45. The highest BCUT2D eigenvalue weighted by Crippen LogP contribution is 2.39. The lowest BCUT2D eigenvalue weighted by Crippen LogP contribution is -2.36. The highest BCUT2D eigenvalue weighted by molar-refractivity contribution is 7.13. The van der Waals surface area contributed by atoms with Crippen LogP contribution in [0.25, 0.3) is 10.7 Å². The normalized spacial score (nSPS) is 17.5. The van der Waals surface area contributed by atoms with Crippen LogP contribution in [0.5, 0.6) is 0 Å². The Morgan fingerprint density at radius 2 is 1.92 bits per heavy atom. The molecule has 0 saturated heterocycles. The summed E-state index contributed by atoms with van der Waals surface area (Å²) in [7, 11) is 1.00. The average molecular weight is 360 g/mol. The predicted molar refractivity (Wildman–Crippen MR) is 97.6 cm³/mol. The minimum Gasteiger partial charge on any atom is -0.400 e. The van der Waals surface area contributed by atoms with Gasteiger partial charge in [0, 0.05) is 31.0 Å². The smallest absolute Gasteiger partial charge is 0.270 e. The largest absolute Gasteiger partial charge is 0.400 e. The molecule has 2 aromatic heterocycles. The summed E-state index contributed by atoms with van der Waals surface area (Å²) in [6.07, 6.45) is 9.91. The molecular weight excluding hydrogens is 336 g/mol. The van der Waals surface area contributed by atoms with E-state index in [4.69, 9.17) is 5.11 Å². The number of hydrogen-bond acceptors (Lipinski definition) is 6. The zero-order valence-corrected chi connectivity index (χ0v) is 15.3. The molecule has 134 valence electrons. The Kier molecular flexibility index (Phi) is 6.09. The van der Waals surface area contributed by atoms with Gasteiger partial charge < -0.3 is 10.4 Å². The van der Waals surface area contributed by atoms with Gasteiger partial charge in [-0.25, -0.2) is 9.97 Å². The molecule has 2 aliphatic rings. The van der Waals surface area contributed by atoms with Crippen LogP contribution >= 0.6 is 11.3 Å². The monoisotopic (exact) mass is 360 g/mol. The van der Waals surface area contributed by atoms with Crippen molar-refractivity contribution in [2.75, 3.05) is 7.11 Å². The maximum absolute atomic E-state index is 12.6. The van der Waals surface area contributed by atoms with Crippen molar-refractivity contribution in [1.82, 2.24) is 20.3 Å². The molecule has 2 aliphatic carbocycles. The second-order valence-corrected chi connectivity index (χ2v) is 7.34. The molecule has 0 atom stereocenters. The van der Waals surface area contributed by atoms with E-state index in [0.29, 0.717) is 23.5 Å². The Morgan fingerprint density at radius 3 is 2.56 bits per heavy atom. The number of thiazole rings is 1. The number of hydrogen-bond donors (Lipinski definition) is 2. The fourth-order valence-electron chi connectivity index (χ4n) is 3.11. The van der Waals surface area contributed by atoms with Crippen molar-refractivity contribution in [3.8, 4) is 10.7 Å². The second kappa shape index (κ2) is 8.49. The summed E-state index contributed by atoms with van der Waals surface area (Å²) in [4.78, 5) is 26.8. The van der Waals surface area contributed by atoms with E-state index in [2.05, 4.69) is 20.3 Å². The SMILES string of the molecule is CO.O=C(NC1CCCCC1)c1cc(C2CC2)nc(-c2cncs2)n1. The first kappa shape index (κ1) is 17.9. The molecular formula is C18H24N4O2S. The number of carbonyl (C=O) groups is 1. The van der Waals surface area contributed by atoms with Crippen LogP contribution in [0.3, 0.4) is 0 Å². The first-order valence-corrected chi connectivity index (χ1v) is 9.71. The Bertz CT molecular complexity index is 695. The zero-order chi connectivity index (χ0) is 17.6. The van der Waals surface area contributed by atoms with E-state index in [1.54, 1.807) is 11.7 Å². The molecule has 1 amide bonds. The van der Waals surface area contributed by atoms with Gasteiger partial charge in [0.2, 0.25) is 0 Å². The zero-order valence-electron chi connectivity index (χ0n) is 14.4. The summed E-state index contributed by atoms with van der Waals surface area (Å²) in [6.45, 7) is 0. The Morgan fingerprint density at radius 1 is 1.16 bits per heavy atom. The van der Waals surface area contributed by atoms with E-state index in [0.717, 1.165) is 43.4 Å². The third-order valence-corrected chi connectivity index (χ3v) is 5.34. The van der Waals surface area contributed by atoms with Crippen molar-refractivity contribution in [3.63, 3.8) is 0 Å². The third kappa shape index (κ3) is 4.61. The van der Waals surface area contributed by atoms with Crippen LogP contribution in [0.4, 0.5) is 0 Å². The van der Waals surface area contributed by atoms with Crippen molar-refractivity contribution in [2.24, 2.45) is 0 Å². The lowest BCUT2D eigenvalue weighted by molar-refractivity contribution is 0.0922. The molecule has 0 aromatic carbocycles. The van der Waals surface area contributed by atoms with E-state index in [9.17, 15) is 4.79 Å². The van der Waals surface area contributed by atoms with Gasteiger partial charge in [0.1, 0.15) is 5.69 Å². The number of amides is 1. The quantitative estimate of drug-likeness (QED) is 0.874.